The summed E-state index contributed by atoms with van der Waals surface area (Å²) in [6.45, 7) is 6.74. The summed E-state index contributed by atoms with van der Waals surface area (Å²) in [5.41, 5.74) is 1.48. The summed E-state index contributed by atoms with van der Waals surface area (Å²) in [6, 6.07) is 7.66. The first-order valence-electron chi connectivity index (χ1n) is 7.11. The first kappa shape index (κ1) is 13.1. The van der Waals surface area contributed by atoms with Crippen molar-refractivity contribution in [3.8, 4) is 0 Å². The average molecular weight is 273 g/mol. The number of amides is 1. The lowest BCUT2D eigenvalue weighted by molar-refractivity contribution is -0.132. The monoisotopic (exact) mass is 273 g/mol. The van der Waals surface area contributed by atoms with Crippen molar-refractivity contribution in [2.24, 2.45) is 0 Å². The lowest BCUT2D eigenvalue weighted by atomic mass is 10.1. The molecule has 1 amide bonds. The zero-order chi connectivity index (χ0) is 13.9. The zero-order valence-corrected chi connectivity index (χ0v) is 11.7. The third-order valence-electron chi connectivity index (χ3n) is 3.94. The second kappa shape index (κ2) is 5.63. The van der Waals surface area contributed by atoms with Gasteiger partial charge < -0.3 is 14.3 Å². The standard InChI is InChI=1S/C15H19N3O2/c1-2-17-7-9-18(10-8-17)15(19)11-13-12-5-3-4-6-14(12)20-16-13/h3-6H,2,7-11H2,1H3. The molecule has 20 heavy (non-hydrogen) atoms. The molecule has 0 saturated carbocycles. The molecule has 0 aliphatic carbocycles. The number of carbonyl (C=O) groups is 1. The van der Waals surface area contributed by atoms with Gasteiger partial charge in [-0.3, -0.25) is 4.79 Å². The van der Waals surface area contributed by atoms with Gasteiger partial charge in [-0.2, -0.15) is 0 Å². The van der Waals surface area contributed by atoms with E-state index >= 15 is 0 Å². The maximum atomic E-state index is 12.3. The van der Waals surface area contributed by atoms with Crippen LogP contribution in [0.25, 0.3) is 11.0 Å². The van der Waals surface area contributed by atoms with E-state index in [4.69, 9.17) is 4.52 Å². The zero-order valence-electron chi connectivity index (χ0n) is 11.7. The Balaban J connectivity index is 1.67. The Morgan fingerprint density at radius 1 is 1.25 bits per heavy atom. The molecule has 2 heterocycles. The van der Waals surface area contributed by atoms with Crippen LogP contribution in [0.5, 0.6) is 0 Å². The Morgan fingerprint density at radius 3 is 2.75 bits per heavy atom. The Kier molecular flexibility index (Phi) is 3.69. The molecule has 0 unspecified atom stereocenters. The lowest BCUT2D eigenvalue weighted by Crippen LogP contribution is -2.48. The van der Waals surface area contributed by atoms with Crippen molar-refractivity contribution in [2.45, 2.75) is 13.3 Å². The molecule has 2 aromatic rings. The van der Waals surface area contributed by atoms with Gasteiger partial charge in [0.1, 0.15) is 5.69 Å². The summed E-state index contributed by atoms with van der Waals surface area (Å²) >= 11 is 0. The molecular weight excluding hydrogens is 254 g/mol. The Morgan fingerprint density at radius 2 is 2.00 bits per heavy atom. The van der Waals surface area contributed by atoms with Crippen LogP contribution in [0.1, 0.15) is 12.6 Å². The number of aromatic nitrogens is 1. The van der Waals surface area contributed by atoms with E-state index in [-0.39, 0.29) is 5.91 Å². The van der Waals surface area contributed by atoms with Gasteiger partial charge in [0, 0.05) is 31.6 Å². The minimum atomic E-state index is 0.139. The number of nitrogens with zero attached hydrogens (tertiary/aromatic N) is 3. The van der Waals surface area contributed by atoms with Crippen molar-refractivity contribution in [1.29, 1.82) is 0 Å². The molecule has 5 heteroatoms. The summed E-state index contributed by atoms with van der Waals surface area (Å²) in [6.07, 6.45) is 0.323. The third-order valence-corrected chi connectivity index (χ3v) is 3.94. The van der Waals surface area contributed by atoms with Crippen LogP contribution >= 0.6 is 0 Å². The molecule has 1 saturated heterocycles. The van der Waals surface area contributed by atoms with E-state index in [9.17, 15) is 4.79 Å². The van der Waals surface area contributed by atoms with Crippen LogP contribution in [-0.2, 0) is 11.2 Å². The van der Waals surface area contributed by atoms with Crippen LogP contribution < -0.4 is 0 Å². The Labute approximate surface area is 118 Å². The van der Waals surface area contributed by atoms with Crippen molar-refractivity contribution in [1.82, 2.24) is 15.0 Å². The smallest absolute Gasteiger partial charge is 0.228 e. The van der Waals surface area contributed by atoms with Gasteiger partial charge in [-0.05, 0) is 18.7 Å². The molecular formula is C15H19N3O2. The number of likely N-dealkylation sites (N-methyl/N-ethyl adjacent to an activating group) is 1. The van der Waals surface area contributed by atoms with Crippen molar-refractivity contribution in [3.05, 3.63) is 30.0 Å². The summed E-state index contributed by atoms with van der Waals surface area (Å²) < 4.78 is 5.24. The molecule has 0 N–H and O–H groups in total. The van der Waals surface area contributed by atoms with Crippen LogP contribution in [0.4, 0.5) is 0 Å². The molecule has 1 aliphatic heterocycles. The minimum Gasteiger partial charge on any atom is -0.356 e. The number of hydrogen-bond donors (Lipinski definition) is 0. The molecule has 1 aliphatic rings. The fraction of sp³-hybridized carbons (Fsp3) is 0.467. The molecule has 1 aromatic carbocycles. The van der Waals surface area contributed by atoms with Crippen molar-refractivity contribution >= 4 is 16.9 Å². The van der Waals surface area contributed by atoms with Gasteiger partial charge in [-0.1, -0.05) is 24.2 Å². The van der Waals surface area contributed by atoms with E-state index in [2.05, 4.69) is 17.0 Å². The number of para-hydroxylation sites is 1. The second-order valence-electron chi connectivity index (χ2n) is 5.12. The first-order valence-corrected chi connectivity index (χ1v) is 7.11. The normalized spacial score (nSPS) is 16.8. The van der Waals surface area contributed by atoms with Crippen LogP contribution in [0, 0.1) is 0 Å². The van der Waals surface area contributed by atoms with Gasteiger partial charge in [0.15, 0.2) is 5.58 Å². The van der Waals surface area contributed by atoms with E-state index < -0.39 is 0 Å². The third kappa shape index (κ3) is 2.54. The van der Waals surface area contributed by atoms with Gasteiger partial charge in [0.25, 0.3) is 0 Å². The van der Waals surface area contributed by atoms with Crippen molar-refractivity contribution < 1.29 is 9.32 Å². The topological polar surface area (TPSA) is 49.6 Å². The average Bonchev–Trinajstić information content (AvgIpc) is 2.91. The molecule has 1 fully saturated rings. The highest BCUT2D eigenvalue weighted by atomic mass is 16.5. The second-order valence-corrected chi connectivity index (χ2v) is 5.12. The predicted molar refractivity (Wildman–Crippen MR) is 76.4 cm³/mol. The van der Waals surface area contributed by atoms with Crippen LogP contribution in [-0.4, -0.2) is 53.6 Å². The van der Waals surface area contributed by atoms with E-state index in [1.165, 1.54) is 0 Å². The highest BCUT2D eigenvalue weighted by molar-refractivity contribution is 5.86. The van der Waals surface area contributed by atoms with E-state index in [1.807, 2.05) is 29.2 Å². The molecule has 0 spiro atoms. The van der Waals surface area contributed by atoms with Crippen molar-refractivity contribution in [3.63, 3.8) is 0 Å². The van der Waals surface area contributed by atoms with Crippen LogP contribution in [0.2, 0.25) is 0 Å². The molecule has 1 aromatic heterocycles. The van der Waals surface area contributed by atoms with E-state index in [0.29, 0.717) is 6.42 Å². The van der Waals surface area contributed by atoms with E-state index in [0.717, 1.165) is 49.4 Å². The molecule has 5 nitrogen and oxygen atoms in total. The number of hydrogen-bond acceptors (Lipinski definition) is 4. The largest absolute Gasteiger partial charge is 0.356 e. The minimum absolute atomic E-state index is 0.139. The Hall–Kier alpha value is -1.88. The van der Waals surface area contributed by atoms with Crippen molar-refractivity contribution in [2.75, 3.05) is 32.7 Å². The lowest BCUT2D eigenvalue weighted by Gasteiger charge is -2.34. The maximum Gasteiger partial charge on any atom is 0.228 e. The Bertz CT molecular complexity index is 600. The summed E-state index contributed by atoms with van der Waals surface area (Å²) in [7, 11) is 0. The first-order chi connectivity index (χ1) is 9.78. The fourth-order valence-corrected chi connectivity index (χ4v) is 2.63. The highest BCUT2D eigenvalue weighted by Crippen LogP contribution is 2.18. The molecule has 0 atom stereocenters. The van der Waals surface area contributed by atoms with Gasteiger partial charge in [0.2, 0.25) is 5.91 Å². The molecule has 3 rings (SSSR count). The van der Waals surface area contributed by atoms with Gasteiger partial charge in [-0.25, -0.2) is 0 Å². The number of rotatable bonds is 3. The highest BCUT2D eigenvalue weighted by Gasteiger charge is 2.22. The summed E-state index contributed by atoms with van der Waals surface area (Å²) in [5, 5.41) is 4.97. The van der Waals surface area contributed by atoms with Gasteiger partial charge >= 0.3 is 0 Å². The maximum absolute atomic E-state index is 12.3. The van der Waals surface area contributed by atoms with Crippen LogP contribution in [0.3, 0.4) is 0 Å². The molecule has 0 bridgehead atoms. The van der Waals surface area contributed by atoms with Crippen LogP contribution in [0.15, 0.2) is 28.8 Å². The number of benzene rings is 1. The van der Waals surface area contributed by atoms with E-state index in [1.54, 1.807) is 0 Å². The SMILES string of the molecule is CCN1CCN(C(=O)Cc2noc3ccccc23)CC1. The number of carbonyl (C=O) groups excluding carboxylic acids is 1. The van der Waals surface area contributed by atoms with Gasteiger partial charge in [-0.15, -0.1) is 0 Å². The quantitative estimate of drug-likeness (QED) is 0.851. The van der Waals surface area contributed by atoms with Gasteiger partial charge in [0.05, 0.1) is 6.42 Å². The molecule has 106 valence electrons. The number of fused-ring (bicyclic) bond motifs is 1. The molecule has 0 radical (unpaired) electrons. The number of piperazine rings is 1. The fourth-order valence-electron chi connectivity index (χ4n) is 2.63. The summed E-state index contributed by atoms with van der Waals surface area (Å²) in [4.78, 5) is 16.6. The predicted octanol–water partition coefficient (Wildman–Crippen LogP) is 1.53. The summed E-state index contributed by atoms with van der Waals surface area (Å²) in [5.74, 6) is 0.139.